The van der Waals surface area contributed by atoms with Crippen LogP contribution in [0.1, 0.15) is 5.56 Å². The van der Waals surface area contributed by atoms with Crippen molar-refractivity contribution in [3.8, 4) is 0 Å². The largest absolute Gasteiger partial charge is 0.380 e. The molecule has 0 bridgehead atoms. The zero-order chi connectivity index (χ0) is 9.47. The molecule has 1 aliphatic heterocycles. The van der Waals surface area contributed by atoms with Crippen molar-refractivity contribution in [2.24, 2.45) is 0 Å². The molecule has 0 saturated carbocycles. The maximum atomic E-state index is 13.0. The van der Waals surface area contributed by atoms with E-state index in [2.05, 4.69) is 0 Å². The van der Waals surface area contributed by atoms with Crippen molar-refractivity contribution >= 4 is 11.6 Å². The van der Waals surface area contributed by atoms with Gasteiger partial charge in [-0.1, -0.05) is 17.7 Å². The average Bonchev–Trinajstić information content (AvgIpc) is 2.06. The molecule has 0 aromatic heterocycles. The van der Waals surface area contributed by atoms with E-state index in [9.17, 15) is 9.50 Å². The second kappa shape index (κ2) is 2.94. The molecule has 1 fully saturated rings. The van der Waals surface area contributed by atoms with Crippen molar-refractivity contribution in [1.82, 2.24) is 0 Å². The van der Waals surface area contributed by atoms with Gasteiger partial charge < -0.3 is 9.84 Å². The summed E-state index contributed by atoms with van der Waals surface area (Å²) in [5.41, 5.74) is -0.508. The van der Waals surface area contributed by atoms with Gasteiger partial charge in [0.05, 0.1) is 18.2 Å². The highest BCUT2D eigenvalue weighted by Crippen LogP contribution is 2.30. The van der Waals surface area contributed by atoms with E-state index >= 15 is 0 Å². The van der Waals surface area contributed by atoms with Crippen LogP contribution in [0.2, 0.25) is 5.02 Å². The SMILES string of the molecule is OC1(c2ccc(Cl)c(F)c2)COC1. The lowest BCUT2D eigenvalue weighted by Crippen LogP contribution is -2.46. The van der Waals surface area contributed by atoms with Gasteiger partial charge >= 0.3 is 0 Å². The number of rotatable bonds is 1. The van der Waals surface area contributed by atoms with Gasteiger partial charge in [0.1, 0.15) is 11.4 Å². The lowest BCUT2D eigenvalue weighted by molar-refractivity contribution is -0.184. The van der Waals surface area contributed by atoms with Crippen molar-refractivity contribution in [1.29, 1.82) is 0 Å². The third kappa shape index (κ3) is 1.43. The van der Waals surface area contributed by atoms with Crippen LogP contribution in [-0.2, 0) is 10.3 Å². The second-order valence-electron chi connectivity index (χ2n) is 3.15. The molecular weight excluding hydrogens is 195 g/mol. The highest BCUT2D eigenvalue weighted by molar-refractivity contribution is 6.30. The molecule has 0 atom stereocenters. The second-order valence-corrected chi connectivity index (χ2v) is 3.56. The molecule has 70 valence electrons. The minimum absolute atomic E-state index is 0.0626. The minimum Gasteiger partial charge on any atom is -0.380 e. The van der Waals surface area contributed by atoms with Gasteiger partial charge in [0.25, 0.3) is 0 Å². The van der Waals surface area contributed by atoms with E-state index in [4.69, 9.17) is 16.3 Å². The number of aliphatic hydroxyl groups is 1. The molecule has 1 heterocycles. The summed E-state index contributed by atoms with van der Waals surface area (Å²) in [5, 5.41) is 9.82. The molecule has 4 heteroatoms. The van der Waals surface area contributed by atoms with Crippen LogP contribution >= 0.6 is 11.6 Å². The summed E-state index contributed by atoms with van der Waals surface area (Å²) in [4.78, 5) is 0. The predicted molar refractivity (Wildman–Crippen MR) is 46.1 cm³/mol. The van der Waals surface area contributed by atoms with Crippen molar-refractivity contribution in [3.05, 3.63) is 34.6 Å². The van der Waals surface area contributed by atoms with Gasteiger partial charge in [-0.25, -0.2) is 4.39 Å². The quantitative estimate of drug-likeness (QED) is 0.751. The van der Waals surface area contributed by atoms with E-state index < -0.39 is 11.4 Å². The van der Waals surface area contributed by atoms with Crippen molar-refractivity contribution in [3.63, 3.8) is 0 Å². The van der Waals surface area contributed by atoms with Gasteiger partial charge in [0.2, 0.25) is 0 Å². The molecular formula is C9H8ClFO2. The molecule has 0 spiro atoms. The first-order valence-electron chi connectivity index (χ1n) is 3.87. The summed E-state index contributed by atoms with van der Waals surface area (Å²) in [6.07, 6.45) is 0. The molecule has 2 nitrogen and oxygen atoms in total. The fourth-order valence-corrected chi connectivity index (χ4v) is 1.37. The Labute approximate surface area is 79.9 Å². The number of ether oxygens (including phenoxy) is 1. The van der Waals surface area contributed by atoms with E-state index in [-0.39, 0.29) is 18.2 Å². The Morgan fingerprint density at radius 1 is 1.46 bits per heavy atom. The molecule has 1 saturated heterocycles. The normalized spacial score (nSPS) is 19.6. The van der Waals surface area contributed by atoms with Crippen LogP contribution < -0.4 is 0 Å². The first-order valence-corrected chi connectivity index (χ1v) is 4.25. The first-order chi connectivity index (χ1) is 6.12. The average molecular weight is 203 g/mol. The maximum absolute atomic E-state index is 13.0. The number of hydrogen-bond acceptors (Lipinski definition) is 2. The molecule has 1 aliphatic rings. The molecule has 13 heavy (non-hydrogen) atoms. The van der Waals surface area contributed by atoms with Crippen LogP contribution in [0.25, 0.3) is 0 Å². The number of hydrogen-bond donors (Lipinski definition) is 1. The Morgan fingerprint density at radius 3 is 2.62 bits per heavy atom. The van der Waals surface area contributed by atoms with Gasteiger partial charge in [-0.3, -0.25) is 0 Å². The molecule has 1 aromatic carbocycles. The Balaban J connectivity index is 2.36. The minimum atomic E-state index is -1.02. The topological polar surface area (TPSA) is 29.5 Å². The molecule has 0 amide bonds. The molecule has 1 N–H and O–H groups in total. The van der Waals surface area contributed by atoms with Crippen molar-refractivity contribution in [2.45, 2.75) is 5.60 Å². The van der Waals surface area contributed by atoms with Crippen LogP contribution in [0.5, 0.6) is 0 Å². The third-order valence-electron chi connectivity index (χ3n) is 2.14. The van der Waals surface area contributed by atoms with Gasteiger partial charge in [0, 0.05) is 0 Å². The lowest BCUT2D eigenvalue weighted by atomic mass is 9.92. The molecule has 1 aromatic rings. The van der Waals surface area contributed by atoms with Crippen LogP contribution in [0.3, 0.4) is 0 Å². The van der Waals surface area contributed by atoms with Gasteiger partial charge in [-0.15, -0.1) is 0 Å². The Kier molecular flexibility index (Phi) is 2.02. The third-order valence-corrected chi connectivity index (χ3v) is 2.45. The van der Waals surface area contributed by atoms with E-state index in [1.807, 2.05) is 0 Å². The molecule has 0 radical (unpaired) electrons. The summed E-state index contributed by atoms with van der Waals surface area (Å²) >= 11 is 5.50. The van der Waals surface area contributed by atoms with Gasteiger partial charge in [-0.2, -0.15) is 0 Å². The van der Waals surface area contributed by atoms with Crippen molar-refractivity contribution < 1.29 is 14.2 Å². The van der Waals surface area contributed by atoms with Gasteiger partial charge in [-0.05, 0) is 17.7 Å². The van der Waals surface area contributed by atoms with E-state index in [0.29, 0.717) is 5.56 Å². The van der Waals surface area contributed by atoms with Crippen LogP contribution in [0.4, 0.5) is 4.39 Å². The monoisotopic (exact) mass is 202 g/mol. The zero-order valence-corrected chi connectivity index (χ0v) is 7.51. The molecule has 0 aliphatic carbocycles. The molecule has 0 unspecified atom stereocenters. The van der Waals surface area contributed by atoms with E-state index in [0.717, 1.165) is 0 Å². The number of benzene rings is 1. The summed E-state index contributed by atoms with van der Waals surface area (Å²) in [5.74, 6) is -0.514. The van der Waals surface area contributed by atoms with E-state index in [1.54, 1.807) is 6.07 Å². The van der Waals surface area contributed by atoms with Crippen LogP contribution in [0.15, 0.2) is 18.2 Å². The summed E-state index contributed by atoms with van der Waals surface area (Å²) < 4.78 is 17.8. The molecule has 2 rings (SSSR count). The fraction of sp³-hybridized carbons (Fsp3) is 0.333. The van der Waals surface area contributed by atoms with Crippen LogP contribution in [-0.4, -0.2) is 18.3 Å². The standard InChI is InChI=1S/C9H8ClFO2/c10-7-2-1-6(3-8(7)11)9(12)4-13-5-9/h1-3,12H,4-5H2. The smallest absolute Gasteiger partial charge is 0.142 e. The predicted octanol–water partition coefficient (Wildman–Crippen LogP) is 1.70. The summed E-state index contributed by atoms with van der Waals surface area (Å²) in [6.45, 7) is 0.433. The van der Waals surface area contributed by atoms with E-state index in [1.165, 1.54) is 12.1 Å². The van der Waals surface area contributed by atoms with Crippen LogP contribution in [0, 0.1) is 5.82 Å². The Morgan fingerprint density at radius 2 is 2.15 bits per heavy atom. The maximum Gasteiger partial charge on any atom is 0.142 e. The summed E-state index contributed by atoms with van der Waals surface area (Å²) in [7, 11) is 0. The first kappa shape index (κ1) is 8.94. The zero-order valence-electron chi connectivity index (χ0n) is 6.76. The summed E-state index contributed by atoms with van der Waals surface area (Å²) in [6, 6.07) is 4.28. The lowest BCUT2D eigenvalue weighted by Gasteiger charge is -2.36. The highest BCUT2D eigenvalue weighted by atomic mass is 35.5. The van der Waals surface area contributed by atoms with Gasteiger partial charge in [0.15, 0.2) is 0 Å². The number of halogens is 2. The highest BCUT2D eigenvalue weighted by Gasteiger charge is 2.38. The Bertz CT molecular complexity index is 336. The fourth-order valence-electron chi connectivity index (χ4n) is 1.25. The Hall–Kier alpha value is -0.640. The van der Waals surface area contributed by atoms with Crippen molar-refractivity contribution in [2.75, 3.05) is 13.2 Å².